The second-order valence-corrected chi connectivity index (χ2v) is 6.88. The van der Waals surface area contributed by atoms with Crippen LogP contribution in [0.1, 0.15) is 66.2 Å². The van der Waals surface area contributed by atoms with E-state index in [4.69, 9.17) is 12.6 Å². The summed E-state index contributed by atoms with van der Waals surface area (Å²) >= 11 is 4.78. The third kappa shape index (κ3) is 4.31. The van der Waals surface area contributed by atoms with Crippen molar-refractivity contribution in [1.29, 1.82) is 0 Å². The van der Waals surface area contributed by atoms with Gasteiger partial charge in [-0.15, -0.1) is 0 Å². The van der Waals surface area contributed by atoms with Crippen LogP contribution < -0.4 is 0 Å². The summed E-state index contributed by atoms with van der Waals surface area (Å²) in [6.07, 6.45) is 8.28. The number of thiol groups is 1. The summed E-state index contributed by atoms with van der Waals surface area (Å²) in [4.78, 5) is 0. The molecule has 1 saturated carbocycles. The van der Waals surface area contributed by atoms with E-state index in [1.807, 2.05) is 0 Å². The first kappa shape index (κ1) is 14.4. The number of hydrogen-bond acceptors (Lipinski definition) is 1. The Morgan fingerprint density at radius 1 is 1.19 bits per heavy atom. The van der Waals surface area contributed by atoms with E-state index >= 15 is 0 Å². The first-order valence-corrected chi connectivity index (χ1v) is 7.74. The largest absolute Gasteiger partial charge is 0.176 e. The molecule has 0 aromatic carbocycles. The van der Waals surface area contributed by atoms with Gasteiger partial charge < -0.3 is 0 Å². The minimum Gasteiger partial charge on any atom is -0.176 e. The van der Waals surface area contributed by atoms with E-state index in [0.717, 1.165) is 23.7 Å². The van der Waals surface area contributed by atoms with Crippen LogP contribution in [-0.4, -0.2) is 5.25 Å². The molecule has 0 heterocycles. The van der Waals surface area contributed by atoms with Crippen molar-refractivity contribution >= 4 is 12.6 Å². The molecule has 16 heavy (non-hydrogen) atoms. The number of hydrogen-bond donors (Lipinski definition) is 1. The molecular weight excluding hydrogens is 212 g/mol. The van der Waals surface area contributed by atoms with Crippen molar-refractivity contribution in [2.75, 3.05) is 0 Å². The van der Waals surface area contributed by atoms with Crippen LogP contribution in [0.3, 0.4) is 0 Å². The van der Waals surface area contributed by atoms with Gasteiger partial charge in [0.1, 0.15) is 0 Å². The predicted octanol–water partition coefficient (Wildman–Crippen LogP) is 5.18. The van der Waals surface area contributed by atoms with Gasteiger partial charge in [0.2, 0.25) is 0 Å². The van der Waals surface area contributed by atoms with Gasteiger partial charge in [-0.25, -0.2) is 0 Å². The quantitative estimate of drug-likeness (QED) is 0.609. The lowest BCUT2D eigenvalue weighted by Gasteiger charge is -2.22. The summed E-state index contributed by atoms with van der Waals surface area (Å²) in [5.74, 6) is 3.69. The smallest absolute Gasteiger partial charge is 0.00425 e. The summed E-state index contributed by atoms with van der Waals surface area (Å²) in [7, 11) is 0. The average Bonchev–Trinajstić information content (AvgIpc) is 2.54. The van der Waals surface area contributed by atoms with E-state index in [-0.39, 0.29) is 0 Å². The normalized spacial score (nSPS) is 33.9. The van der Waals surface area contributed by atoms with Crippen molar-refractivity contribution in [3.8, 4) is 0 Å². The first-order valence-electron chi connectivity index (χ1n) is 7.22. The standard InChI is InChI=1S/C15H30S/c1-5-6-7-15(16)13(4)10-14-8-11(2)12(3)9-14/h11-16H,5-10H2,1-4H3/t11-,12+,13-,14?,15?/m0/s1. The molecule has 96 valence electrons. The maximum atomic E-state index is 4.78. The molecule has 1 fully saturated rings. The molecule has 5 atom stereocenters. The van der Waals surface area contributed by atoms with Crippen LogP contribution in [0.15, 0.2) is 0 Å². The molecule has 0 aliphatic heterocycles. The molecule has 2 unspecified atom stereocenters. The van der Waals surface area contributed by atoms with Crippen LogP contribution in [0, 0.1) is 23.7 Å². The zero-order valence-corrected chi connectivity index (χ0v) is 12.5. The molecule has 0 spiro atoms. The molecule has 1 aliphatic carbocycles. The molecule has 0 aromatic rings. The fourth-order valence-electron chi connectivity index (χ4n) is 3.19. The molecule has 0 nitrogen and oxygen atoms in total. The molecule has 0 aromatic heterocycles. The lowest BCUT2D eigenvalue weighted by atomic mass is 9.89. The molecule has 1 aliphatic rings. The number of rotatable bonds is 6. The van der Waals surface area contributed by atoms with E-state index < -0.39 is 0 Å². The van der Waals surface area contributed by atoms with Gasteiger partial charge in [-0.2, -0.15) is 12.6 Å². The lowest BCUT2D eigenvalue weighted by molar-refractivity contribution is 0.369. The first-order chi connectivity index (χ1) is 7.54. The second-order valence-electron chi connectivity index (χ2n) is 6.21. The van der Waals surface area contributed by atoms with Crippen LogP contribution >= 0.6 is 12.6 Å². The fourth-order valence-corrected chi connectivity index (χ4v) is 3.49. The molecule has 0 bridgehead atoms. The summed E-state index contributed by atoms with van der Waals surface area (Å²) in [6.45, 7) is 9.52. The Morgan fingerprint density at radius 3 is 2.25 bits per heavy atom. The highest BCUT2D eigenvalue weighted by molar-refractivity contribution is 7.81. The number of unbranched alkanes of at least 4 members (excludes halogenated alkanes) is 1. The Bertz CT molecular complexity index is 180. The van der Waals surface area contributed by atoms with Crippen molar-refractivity contribution in [3.05, 3.63) is 0 Å². The fraction of sp³-hybridized carbons (Fsp3) is 1.00. The van der Waals surface area contributed by atoms with E-state index in [1.54, 1.807) is 0 Å². The SMILES string of the molecule is CCCCC(S)[C@@H](C)CC1C[C@@H](C)[C@@H](C)C1. The lowest BCUT2D eigenvalue weighted by Crippen LogP contribution is -2.15. The van der Waals surface area contributed by atoms with E-state index in [1.165, 1.54) is 38.5 Å². The molecule has 1 heteroatoms. The van der Waals surface area contributed by atoms with Crippen LogP contribution in [-0.2, 0) is 0 Å². The van der Waals surface area contributed by atoms with Gasteiger partial charge in [0.05, 0.1) is 0 Å². The highest BCUT2D eigenvalue weighted by atomic mass is 32.1. The van der Waals surface area contributed by atoms with Gasteiger partial charge in [-0.1, -0.05) is 40.5 Å². The van der Waals surface area contributed by atoms with E-state index in [2.05, 4.69) is 27.7 Å². The third-order valence-corrected chi connectivity index (χ3v) is 5.36. The topological polar surface area (TPSA) is 0 Å². The zero-order chi connectivity index (χ0) is 12.1. The van der Waals surface area contributed by atoms with Gasteiger partial charge in [0.15, 0.2) is 0 Å². The Morgan fingerprint density at radius 2 is 1.75 bits per heavy atom. The summed E-state index contributed by atoms with van der Waals surface area (Å²) < 4.78 is 0. The molecular formula is C15H30S. The molecule has 0 N–H and O–H groups in total. The summed E-state index contributed by atoms with van der Waals surface area (Å²) in [5, 5.41) is 0.631. The van der Waals surface area contributed by atoms with Crippen LogP contribution in [0.5, 0.6) is 0 Å². The maximum Gasteiger partial charge on any atom is 0.00425 e. The van der Waals surface area contributed by atoms with Crippen molar-refractivity contribution in [2.24, 2.45) is 23.7 Å². The van der Waals surface area contributed by atoms with Gasteiger partial charge in [-0.05, 0) is 49.4 Å². The van der Waals surface area contributed by atoms with Gasteiger partial charge in [-0.3, -0.25) is 0 Å². The van der Waals surface area contributed by atoms with Crippen LogP contribution in [0.25, 0.3) is 0 Å². The molecule has 0 saturated heterocycles. The Hall–Kier alpha value is 0.350. The monoisotopic (exact) mass is 242 g/mol. The van der Waals surface area contributed by atoms with E-state index in [9.17, 15) is 0 Å². The molecule has 0 amide bonds. The van der Waals surface area contributed by atoms with Crippen molar-refractivity contribution in [2.45, 2.75) is 71.5 Å². The van der Waals surface area contributed by atoms with Crippen LogP contribution in [0.4, 0.5) is 0 Å². The summed E-state index contributed by atoms with van der Waals surface area (Å²) in [5.41, 5.74) is 0. The van der Waals surface area contributed by atoms with Gasteiger partial charge >= 0.3 is 0 Å². The highest BCUT2D eigenvalue weighted by Gasteiger charge is 2.29. The minimum absolute atomic E-state index is 0.631. The van der Waals surface area contributed by atoms with E-state index in [0.29, 0.717) is 5.25 Å². The van der Waals surface area contributed by atoms with Crippen LogP contribution in [0.2, 0.25) is 0 Å². The van der Waals surface area contributed by atoms with Crippen molar-refractivity contribution in [1.82, 2.24) is 0 Å². The second kappa shape index (κ2) is 6.93. The highest BCUT2D eigenvalue weighted by Crippen LogP contribution is 2.40. The predicted molar refractivity (Wildman–Crippen MR) is 77.1 cm³/mol. The van der Waals surface area contributed by atoms with Gasteiger partial charge in [0, 0.05) is 5.25 Å². The Labute approximate surface area is 108 Å². The summed E-state index contributed by atoms with van der Waals surface area (Å²) in [6, 6.07) is 0. The average molecular weight is 242 g/mol. The third-order valence-electron chi connectivity index (χ3n) is 4.60. The van der Waals surface area contributed by atoms with Crippen molar-refractivity contribution < 1.29 is 0 Å². The Balaban J connectivity index is 2.26. The molecule has 0 radical (unpaired) electrons. The molecule has 1 rings (SSSR count). The zero-order valence-electron chi connectivity index (χ0n) is 11.6. The Kier molecular flexibility index (Phi) is 6.25. The van der Waals surface area contributed by atoms with Crippen molar-refractivity contribution in [3.63, 3.8) is 0 Å². The minimum atomic E-state index is 0.631. The van der Waals surface area contributed by atoms with Gasteiger partial charge in [0.25, 0.3) is 0 Å². The maximum absolute atomic E-state index is 4.78.